The first kappa shape index (κ1) is 12.2. The third kappa shape index (κ3) is 3.34. The highest BCUT2D eigenvalue weighted by molar-refractivity contribution is 6.30. The number of hydrogen-bond acceptors (Lipinski definition) is 2. The number of nitrogens with one attached hydrogen (secondary N) is 1. The normalized spacial score (nSPS) is 10.2. The van der Waals surface area contributed by atoms with E-state index in [2.05, 4.69) is 15.4 Å². The van der Waals surface area contributed by atoms with Gasteiger partial charge in [-0.1, -0.05) is 35.9 Å². The van der Waals surface area contributed by atoms with E-state index >= 15 is 0 Å². The molecular weight excluding hydrogens is 246 g/mol. The third-order valence-corrected chi connectivity index (χ3v) is 2.53. The Hall–Kier alpha value is -2.31. The van der Waals surface area contributed by atoms with E-state index in [0.29, 0.717) is 10.7 Å². The number of halogens is 1. The molecule has 0 aliphatic rings. The summed E-state index contributed by atoms with van der Waals surface area (Å²) in [6.07, 6.45) is 1.71. The lowest BCUT2D eigenvalue weighted by Crippen LogP contribution is -1.89. The smallest absolute Gasteiger partial charge is 0.187 e. The van der Waals surface area contributed by atoms with Gasteiger partial charge in [-0.3, -0.25) is 5.43 Å². The summed E-state index contributed by atoms with van der Waals surface area (Å²) >= 11 is 5.79. The highest BCUT2D eigenvalue weighted by atomic mass is 35.5. The molecule has 0 atom stereocenters. The molecule has 3 nitrogen and oxygen atoms in total. The molecule has 4 heteroatoms. The Labute approximate surface area is 111 Å². The molecule has 0 spiro atoms. The van der Waals surface area contributed by atoms with Gasteiger partial charge in [0.1, 0.15) is 0 Å². The van der Waals surface area contributed by atoms with E-state index < -0.39 is 0 Å². The molecule has 0 amide bonds. The van der Waals surface area contributed by atoms with Crippen molar-refractivity contribution in [3.05, 3.63) is 70.5 Å². The van der Waals surface area contributed by atoms with Crippen molar-refractivity contribution in [1.82, 2.24) is 0 Å². The second kappa shape index (κ2) is 5.85. The van der Waals surface area contributed by atoms with Gasteiger partial charge in [0.25, 0.3) is 0 Å². The van der Waals surface area contributed by atoms with Gasteiger partial charge in [0.15, 0.2) is 5.69 Å². The van der Waals surface area contributed by atoms with Gasteiger partial charge in [-0.25, -0.2) is 4.85 Å². The monoisotopic (exact) mass is 255 g/mol. The summed E-state index contributed by atoms with van der Waals surface area (Å²) in [5.74, 6) is 0. The van der Waals surface area contributed by atoms with Crippen LogP contribution in [0.4, 0.5) is 11.4 Å². The van der Waals surface area contributed by atoms with Crippen molar-refractivity contribution < 1.29 is 0 Å². The van der Waals surface area contributed by atoms with Crippen LogP contribution in [0.25, 0.3) is 4.85 Å². The second-order valence-electron chi connectivity index (χ2n) is 3.58. The summed E-state index contributed by atoms with van der Waals surface area (Å²) in [5.41, 5.74) is 5.31. The lowest BCUT2D eigenvalue weighted by atomic mass is 10.2. The van der Waals surface area contributed by atoms with E-state index in [0.717, 1.165) is 11.3 Å². The minimum absolute atomic E-state index is 0.613. The summed E-state index contributed by atoms with van der Waals surface area (Å²) in [7, 11) is 0. The van der Waals surface area contributed by atoms with Gasteiger partial charge in [0.2, 0.25) is 0 Å². The first-order valence-corrected chi connectivity index (χ1v) is 5.68. The Morgan fingerprint density at radius 3 is 2.33 bits per heavy atom. The Kier molecular flexibility index (Phi) is 3.95. The van der Waals surface area contributed by atoms with Crippen LogP contribution in [0.5, 0.6) is 0 Å². The largest absolute Gasteiger partial charge is 0.279 e. The number of rotatable bonds is 3. The molecule has 1 N–H and O–H groups in total. The van der Waals surface area contributed by atoms with Gasteiger partial charge in [-0.05, 0) is 29.8 Å². The topological polar surface area (TPSA) is 28.8 Å². The SMILES string of the molecule is [C-]#[N+]c1ccc(N/N=C/c2ccc(Cl)cc2)cc1. The zero-order chi connectivity index (χ0) is 12.8. The molecule has 0 aliphatic heterocycles. The van der Waals surface area contributed by atoms with Crippen molar-refractivity contribution >= 4 is 29.2 Å². The van der Waals surface area contributed by atoms with Crippen molar-refractivity contribution in [2.24, 2.45) is 5.10 Å². The molecule has 2 aromatic carbocycles. The maximum absolute atomic E-state index is 6.85. The summed E-state index contributed by atoms with van der Waals surface area (Å²) in [4.78, 5) is 3.32. The first-order chi connectivity index (χ1) is 8.78. The quantitative estimate of drug-likeness (QED) is 0.493. The summed E-state index contributed by atoms with van der Waals surface area (Å²) in [6, 6.07) is 14.5. The standard InChI is InChI=1S/C14H10ClN3/c1-16-13-6-8-14(9-7-13)18-17-10-11-2-4-12(15)5-3-11/h2-10,18H/b17-10+. The van der Waals surface area contributed by atoms with Crippen LogP contribution in [0.2, 0.25) is 5.02 Å². The number of benzene rings is 2. The Bertz CT molecular complexity index is 580. The molecule has 0 saturated carbocycles. The Balaban J connectivity index is 1.98. The molecule has 2 rings (SSSR count). The van der Waals surface area contributed by atoms with E-state index in [1.165, 1.54) is 0 Å². The van der Waals surface area contributed by atoms with Gasteiger partial charge in [-0.2, -0.15) is 5.10 Å². The van der Waals surface area contributed by atoms with Crippen molar-refractivity contribution in [3.63, 3.8) is 0 Å². The fourth-order valence-electron chi connectivity index (χ4n) is 1.34. The molecule has 0 unspecified atom stereocenters. The lowest BCUT2D eigenvalue weighted by Gasteiger charge is -1.99. The maximum atomic E-state index is 6.85. The minimum Gasteiger partial charge on any atom is -0.279 e. The Morgan fingerprint density at radius 1 is 1.06 bits per heavy atom. The second-order valence-corrected chi connectivity index (χ2v) is 4.02. The molecule has 18 heavy (non-hydrogen) atoms. The fraction of sp³-hybridized carbons (Fsp3) is 0. The summed E-state index contributed by atoms with van der Waals surface area (Å²) in [5, 5.41) is 4.81. The van der Waals surface area contributed by atoms with Crippen LogP contribution < -0.4 is 5.43 Å². The van der Waals surface area contributed by atoms with E-state index in [1.54, 1.807) is 18.3 Å². The number of anilines is 1. The molecule has 0 aromatic heterocycles. The van der Waals surface area contributed by atoms with Gasteiger partial charge < -0.3 is 0 Å². The van der Waals surface area contributed by atoms with E-state index in [4.69, 9.17) is 18.2 Å². The van der Waals surface area contributed by atoms with Crippen LogP contribution in [-0.4, -0.2) is 6.21 Å². The van der Waals surface area contributed by atoms with Gasteiger partial charge in [0.05, 0.1) is 18.5 Å². The number of hydrogen-bond donors (Lipinski definition) is 1. The predicted octanol–water partition coefficient (Wildman–Crippen LogP) is 4.34. The van der Waals surface area contributed by atoms with Crippen molar-refractivity contribution in [2.45, 2.75) is 0 Å². The lowest BCUT2D eigenvalue weighted by molar-refractivity contribution is 1.35. The van der Waals surface area contributed by atoms with E-state index in [1.807, 2.05) is 36.4 Å². The molecule has 88 valence electrons. The van der Waals surface area contributed by atoms with E-state index in [9.17, 15) is 0 Å². The van der Waals surface area contributed by atoms with Crippen LogP contribution >= 0.6 is 11.6 Å². The van der Waals surface area contributed by atoms with Gasteiger partial charge >= 0.3 is 0 Å². The molecule has 0 heterocycles. The average molecular weight is 256 g/mol. The highest BCUT2D eigenvalue weighted by Crippen LogP contribution is 2.15. The molecular formula is C14H10ClN3. The maximum Gasteiger partial charge on any atom is 0.187 e. The molecule has 0 aliphatic carbocycles. The van der Waals surface area contributed by atoms with Crippen molar-refractivity contribution in [3.8, 4) is 0 Å². The van der Waals surface area contributed by atoms with Crippen molar-refractivity contribution in [1.29, 1.82) is 0 Å². The van der Waals surface area contributed by atoms with Crippen LogP contribution in [0.1, 0.15) is 5.56 Å². The molecule has 0 saturated heterocycles. The molecule has 0 bridgehead atoms. The van der Waals surface area contributed by atoms with Crippen LogP contribution in [0.3, 0.4) is 0 Å². The van der Waals surface area contributed by atoms with Crippen LogP contribution in [0, 0.1) is 6.57 Å². The van der Waals surface area contributed by atoms with Gasteiger partial charge in [-0.15, -0.1) is 0 Å². The molecule has 2 aromatic rings. The molecule has 0 radical (unpaired) electrons. The third-order valence-electron chi connectivity index (χ3n) is 2.27. The number of hydrazone groups is 1. The molecule has 0 fully saturated rings. The summed E-state index contributed by atoms with van der Waals surface area (Å²) < 4.78 is 0. The van der Waals surface area contributed by atoms with E-state index in [-0.39, 0.29) is 0 Å². The zero-order valence-corrected chi connectivity index (χ0v) is 10.2. The van der Waals surface area contributed by atoms with Gasteiger partial charge in [0, 0.05) is 5.02 Å². The number of nitrogens with zero attached hydrogens (tertiary/aromatic N) is 2. The van der Waals surface area contributed by atoms with Crippen molar-refractivity contribution in [2.75, 3.05) is 5.43 Å². The minimum atomic E-state index is 0.613. The first-order valence-electron chi connectivity index (χ1n) is 5.30. The fourth-order valence-corrected chi connectivity index (χ4v) is 1.47. The predicted molar refractivity (Wildman–Crippen MR) is 75.4 cm³/mol. The van der Waals surface area contributed by atoms with Crippen LogP contribution in [0.15, 0.2) is 53.6 Å². The Morgan fingerprint density at radius 2 is 1.72 bits per heavy atom. The zero-order valence-electron chi connectivity index (χ0n) is 9.47. The highest BCUT2D eigenvalue weighted by Gasteiger charge is 1.91. The van der Waals surface area contributed by atoms with Crippen LogP contribution in [-0.2, 0) is 0 Å². The average Bonchev–Trinajstić information content (AvgIpc) is 2.42. The summed E-state index contributed by atoms with van der Waals surface area (Å²) in [6.45, 7) is 6.85.